The Morgan fingerprint density at radius 1 is 0.292 bits per heavy atom. The summed E-state index contributed by atoms with van der Waals surface area (Å²) in [6, 6.07) is 0. The molecular weight excluding hydrogens is 885 g/mol. The van der Waals surface area contributed by atoms with Crippen molar-refractivity contribution in [3.8, 4) is 0 Å². The van der Waals surface area contributed by atoms with Crippen LogP contribution in [0.1, 0.15) is 367 Å². The third-order valence-corrected chi connectivity index (χ3v) is 15.0. The first-order chi connectivity index (χ1) is 35.6. The lowest BCUT2D eigenvalue weighted by molar-refractivity contribution is -0.163. The van der Waals surface area contributed by atoms with E-state index < -0.39 is 6.10 Å². The van der Waals surface area contributed by atoms with Gasteiger partial charge < -0.3 is 14.2 Å². The maximum atomic E-state index is 12.9. The van der Waals surface area contributed by atoms with Crippen LogP contribution >= 0.6 is 0 Å². The van der Waals surface area contributed by atoms with Crippen LogP contribution in [0.15, 0.2) is 24.3 Å². The normalized spacial score (nSPS) is 12.2. The number of carbonyl (C=O) groups excluding carboxylic acids is 2. The zero-order chi connectivity index (χ0) is 52.0. The van der Waals surface area contributed by atoms with Gasteiger partial charge in [-0.1, -0.05) is 308 Å². The predicted octanol–water partition coefficient (Wildman–Crippen LogP) is 22.7. The second-order valence-electron chi connectivity index (χ2n) is 22.4. The SMILES string of the molecule is CCCCCCCC/C=C\CCCCCCCCCCCC(=O)OCC(COCCCCCCCCCC/C=C\CCCCCCCC)OC(=O)CCCCCCCCCCCCCCCCCCCCC. The van der Waals surface area contributed by atoms with E-state index in [0.29, 0.717) is 26.1 Å². The zero-order valence-electron chi connectivity index (χ0n) is 49.2. The van der Waals surface area contributed by atoms with Crippen molar-refractivity contribution >= 4 is 11.9 Å². The van der Waals surface area contributed by atoms with Gasteiger partial charge in [-0.15, -0.1) is 0 Å². The number of esters is 2. The highest BCUT2D eigenvalue weighted by molar-refractivity contribution is 5.70. The van der Waals surface area contributed by atoms with Crippen LogP contribution in [0.2, 0.25) is 0 Å². The number of hydrogen-bond acceptors (Lipinski definition) is 5. The Labute approximate surface area is 451 Å². The fourth-order valence-corrected chi connectivity index (χ4v) is 10.0. The molecule has 0 rings (SSSR count). The van der Waals surface area contributed by atoms with Crippen molar-refractivity contribution in [1.29, 1.82) is 0 Å². The number of hydrogen-bond donors (Lipinski definition) is 0. The molecule has 0 radical (unpaired) electrons. The van der Waals surface area contributed by atoms with E-state index >= 15 is 0 Å². The van der Waals surface area contributed by atoms with E-state index in [-0.39, 0.29) is 18.5 Å². The molecule has 5 nitrogen and oxygen atoms in total. The summed E-state index contributed by atoms with van der Waals surface area (Å²) < 4.78 is 17.6. The summed E-state index contributed by atoms with van der Waals surface area (Å²) in [6.45, 7) is 7.90. The topological polar surface area (TPSA) is 61.8 Å². The molecule has 0 bridgehead atoms. The second kappa shape index (κ2) is 63.7. The zero-order valence-corrected chi connectivity index (χ0v) is 49.2. The number of unbranched alkanes of at least 4 members (excludes halogenated alkanes) is 47. The fourth-order valence-electron chi connectivity index (χ4n) is 10.0. The molecule has 5 heteroatoms. The lowest BCUT2D eigenvalue weighted by atomic mass is 10.0. The van der Waals surface area contributed by atoms with Gasteiger partial charge in [-0.2, -0.15) is 0 Å². The van der Waals surface area contributed by atoms with Gasteiger partial charge in [0, 0.05) is 19.4 Å². The minimum atomic E-state index is -0.534. The highest BCUT2D eigenvalue weighted by Gasteiger charge is 2.18. The van der Waals surface area contributed by atoms with Crippen LogP contribution in [0, 0.1) is 0 Å². The molecule has 0 N–H and O–H groups in total. The quantitative estimate of drug-likeness (QED) is 0.0345. The smallest absolute Gasteiger partial charge is 0.306 e. The van der Waals surface area contributed by atoms with Gasteiger partial charge in [0.2, 0.25) is 0 Å². The Morgan fingerprint density at radius 2 is 0.542 bits per heavy atom. The highest BCUT2D eigenvalue weighted by Crippen LogP contribution is 2.18. The van der Waals surface area contributed by atoms with Crippen LogP contribution in [-0.2, 0) is 23.8 Å². The first kappa shape index (κ1) is 70.4. The largest absolute Gasteiger partial charge is 0.462 e. The summed E-state index contributed by atoms with van der Waals surface area (Å²) in [7, 11) is 0. The van der Waals surface area contributed by atoms with Gasteiger partial charge in [0.25, 0.3) is 0 Å². The van der Waals surface area contributed by atoms with Gasteiger partial charge >= 0.3 is 11.9 Å². The lowest BCUT2D eigenvalue weighted by Gasteiger charge is -2.18. The summed E-state index contributed by atoms with van der Waals surface area (Å²) in [5.74, 6) is -0.373. The van der Waals surface area contributed by atoms with Crippen LogP contribution < -0.4 is 0 Å². The van der Waals surface area contributed by atoms with E-state index in [4.69, 9.17) is 14.2 Å². The Kier molecular flexibility index (Phi) is 62.2. The van der Waals surface area contributed by atoms with Crippen molar-refractivity contribution in [1.82, 2.24) is 0 Å². The molecule has 0 aliphatic heterocycles. The number of allylic oxidation sites excluding steroid dienone is 4. The Bertz CT molecular complexity index is 1100. The van der Waals surface area contributed by atoms with Crippen LogP contribution in [0.25, 0.3) is 0 Å². The van der Waals surface area contributed by atoms with Crippen molar-refractivity contribution < 1.29 is 23.8 Å². The van der Waals surface area contributed by atoms with Gasteiger partial charge in [-0.25, -0.2) is 0 Å². The summed E-state index contributed by atoms with van der Waals surface area (Å²) in [4.78, 5) is 25.6. The first-order valence-electron chi connectivity index (χ1n) is 32.9. The summed E-state index contributed by atoms with van der Waals surface area (Å²) >= 11 is 0. The second-order valence-corrected chi connectivity index (χ2v) is 22.4. The first-order valence-corrected chi connectivity index (χ1v) is 32.9. The lowest BCUT2D eigenvalue weighted by Crippen LogP contribution is -2.30. The third kappa shape index (κ3) is 60.9. The molecule has 0 aromatic heterocycles. The molecule has 0 aliphatic carbocycles. The molecule has 0 amide bonds. The Hall–Kier alpha value is -1.62. The van der Waals surface area contributed by atoms with Gasteiger partial charge in [0.05, 0.1) is 6.61 Å². The summed E-state index contributed by atoms with van der Waals surface area (Å²) in [5.41, 5.74) is 0. The van der Waals surface area contributed by atoms with E-state index in [1.807, 2.05) is 0 Å². The average molecular weight is 1010 g/mol. The van der Waals surface area contributed by atoms with Gasteiger partial charge in [0.1, 0.15) is 6.61 Å². The monoisotopic (exact) mass is 1010 g/mol. The molecule has 0 fully saturated rings. The van der Waals surface area contributed by atoms with Crippen molar-refractivity contribution in [3.05, 3.63) is 24.3 Å². The van der Waals surface area contributed by atoms with E-state index in [2.05, 4.69) is 45.1 Å². The van der Waals surface area contributed by atoms with E-state index in [0.717, 1.165) is 38.5 Å². The minimum absolute atomic E-state index is 0.0909. The molecule has 0 saturated carbocycles. The molecule has 72 heavy (non-hydrogen) atoms. The van der Waals surface area contributed by atoms with Crippen LogP contribution in [-0.4, -0.2) is 37.9 Å². The van der Waals surface area contributed by atoms with Crippen molar-refractivity contribution in [2.75, 3.05) is 19.8 Å². The number of carbonyl (C=O) groups is 2. The molecule has 0 saturated heterocycles. The molecule has 0 aromatic carbocycles. The Morgan fingerprint density at radius 3 is 0.847 bits per heavy atom. The average Bonchev–Trinajstić information content (AvgIpc) is 3.38. The number of ether oxygens (including phenoxy) is 3. The molecule has 426 valence electrons. The highest BCUT2D eigenvalue weighted by atomic mass is 16.6. The van der Waals surface area contributed by atoms with E-state index in [1.165, 1.54) is 295 Å². The van der Waals surface area contributed by atoms with Crippen LogP contribution in [0.4, 0.5) is 0 Å². The maximum absolute atomic E-state index is 12.9. The van der Waals surface area contributed by atoms with Crippen molar-refractivity contribution in [2.45, 2.75) is 374 Å². The molecule has 1 atom stereocenters. The standard InChI is InChI=1S/C67H128O5/c1-4-7-10-13-16-19-22-25-28-31-34-36-39-42-45-48-51-54-57-60-66(68)71-64-65(63-70-62-59-56-53-50-47-44-41-38-33-30-27-24-21-18-15-12-9-6-3)72-67(69)61-58-55-52-49-46-43-40-37-35-32-29-26-23-20-17-14-11-8-5-2/h25,27-28,30,65H,4-24,26,29,31-64H2,1-3H3/b28-25-,30-27-. The van der Waals surface area contributed by atoms with Crippen LogP contribution in [0.5, 0.6) is 0 Å². The van der Waals surface area contributed by atoms with Crippen molar-refractivity contribution in [3.63, 3.8) is 0 Å². The maximum Gasteiger partial charge on any atom is 0.306 e. The Balaban J connectivity index is 4.22. The molecule has 0 spiro atoms. The molecule has 0 heterocycles. The number of rotatable bonds is 62. The van der Waals surface area contributed by atoms with E-state index in [1.54, 1.807) is 0 Å². The van der Waals surface area contributed by atoms with Gasteiger partial charge in [-0.05, 0) is 70.6 Å². The minimum Gasteiger partial charge on any atom is -0.462 e. The van der Waals surface area contributed by atoms with Crippen LogP contribution in [0.3, 0.4) is 0 Å². The summed E-state index contributed by atoms with van der Waals surface area (Å²) in [5, 5.41) is 0. The molecule has 0 aliphatic rings. The van der Waals surface area contributed by atoms with Crippen molar-refractivity contribution in [2.24, 2.45) is 0 Å². The van der Waals surface area contributed by atoms with Gasteiger partial charge in [0.15, 0.2) is 6.10 Å². The molecule has 1 unspecified atom stereocenters. The third-order valence-electron chi connectivity index (χ3n) is 15.0. The molecular formula is C67H128O5. The fraction of sp³-hybridized carbons (Fsp3) is 0.910. The predicted molar refractivity (Wildman–Crippen MR) is 316 cm³/mol. The molecule has 0 aromatic rings. The summed E-state index contributed by atoms with van der Waals surface area (Å²) in [6.07, 6.45) is 77.9. The van der Waals surface area contributed by atoms with E-state index in [9.17, 15) is 9.59 Å². The van der Waals surface area contributed by atoms with Gasteiger partial charge in [-0.3, -0.25) is 9.59 Å².